The van der Waals surface area contributed by atoms with Crippen LogP contribution >= 0.6 is 43.2 Å². The Morgan fingerprint density at radius 3 is 2.60 bits per heavy atom. The molecule has 0 nitrogen and oxygen atoms in total. The predicted octanol–water partition coefficient (Wildman–Crippen LogP) is 6.40. The van der Waals surface area contributed by atoms with Crippen LogP contribution in [0.2, 0.25) is 0 Å². The number of hydrogen-bond acceptors (Lipinski definition) is 1. The van der Waals surface area contributed by atoms with Crippen molar-refractivity contribution in [2.45, 2.75) is 36.4 Å². The van der Waals surface area contributed by atoms with Crippen molar-refractivity contribution in [2.75, 3.05) is 0 Å². The van der Waals surface area contributed by atoms with Gasteiger partial charge in [-0.15, -0.1) is 11.3 Å². The number of alkyl halides is 1. The van der Waals surface area contributed by atoms with Crippen LogP contribution in [0.3, 0.4) is 0 Å². The number of benzene rings is 1. The maximum Gasteiger partial charge on any atom is 0.0314 e. The van der Waals surface area contributed by atoms with E-state index in [0.29, 0.717) is 4.83 Å². The van der Waals surface area contributed by atoms with Crippen LogP contribution in [-0.2, 0) is 6.42 Å². The third-order valence-electron chi connectivity index (χ3n) is 4.30. The molecule has 2 aromatic rings. The second-order valence-electron chi connectivity index (χ2n) is 5.59. The van der Waals surface area contributed by atoms with E-state index in [9.17, 15) is 0 Å². The standard InChI is InChI=1S/C17H18Br2S/c18-15-7-6-13(12-4-2-1-3-5-12)10-14(15)11-17-16(19)8-9-20-17/h1-5,8-9,13-15H,6-7,10-11H2. The van der Waals surface area contributed by atoms with Gasteiger partial charge in [0.2, 0.25) is 0 Å². The van der Waals surface area contributed by atoms with Crippen molar-refractivity contribution in [1.29, 1.82) is 0 Å². The molecule has 3 heteroatoms. The molecule has 0 amide bonds. The van der Waals surface area contributed by atoms with Gasteiger partial charge in [-0.25, -0.2) is 0 Å². The van der Waals surface area contributed by atoms with E-state index in [1.54, 1.807) is 0 Å². The molecule has 0 radical (unpaired) electrons. The SMILES string of the molecule is Brc1ccsc1CC1CC(c2ccccc2)CCC1Br. The monoisotopic (exact) mass is 412 g/mol. The van der Waals surface area contributed by atoms with Gasteiger partial charge >= 0.3 is 0 Å². The topological polar surface area (TPSA) is 0 Å². The van der Waals surface area contributed by atoms with Crippen LogP contribution in [0, 0.1) is 5.92 Å². The van der Waals surface area contributed by atoms with Crippen molar-refractivity contribution < 1.29 is 0 Å². The summed E-state index contributed by atoms with van der Waals surface area (Å²) in [7, 11) is 0. The Hall–Kier alpha value is -0.120. The Morgan fingerprint density at radius 2 is 1.90 bits per heavy atom. The highest BCUT2D eigenvalue weighted by molar-refractivity contribution is 9.10. The maximum atomic E-state index is 3.91. The molecule has 0 N–H and O–H groups in total. The molecule has 0 spiro atoms. The summed E-state index contributed by atoms with van der Waals surface area (Å²) in [5.74, 6) is 1.47. The van der Waals surface area contributed by atoms with Crippen LogP contribution in [0.1, 0.15) is 35.6 Å². The Labute approximate surface area is 141 Å². The molecule has 1 aromatic carbocycles. The minimum absolute atomic E-state index is 0.663. The highest BCUT2D eigenvalue weighted by Crippen LogP contribution is 2.42. The van der Waals surface area contributed by atoms with E-state index in [-0.39, 0.29) is 0 Å². The lowest BCUT2D eigenvalue weighted by Gasteiger charge is -2.33. The first-order valence-electron chi connectivity index (χ1n) is 7.15. The molecule has 0 bridgehead atoms. The van der Waals surface area contributed by atoms with Gasteiger partial charge in [-0.3, -0.25) is 0 Å². The molecule has 3 unspecified atom stereocenters. The summed E-state index contributed by atoms with van der Waals surface area (Å²) in [6.45, 7) is 0. The van der Waals surface area contributed by atoms with Gasteiger partial charge in [0, 0.05) is 14.2 Å². The minimum Gasteiger partial charge on any atom is -0.148 e. The first-order valence-corrected chi connectivity index (χ1v) is 9.73. The number of thiophene rings is 1. The third-order valence-corrected chi connectivity index (χ3v) is 7.45. The van der Waals surface area contributed by atoms with Gasteiger partial charge in [0.05, 0.1) is 0 Å². The van der Waals surface area contributed by atoms with Gasteiger partial charge in [-0.05, 0) is 70.5 Å². The maximum absolute atomic E-state index is 3.91. The quantitative estimate of drug-likeness (QED) is 0.510. The van der Waals surface area contributed by atoms with E-state index >= 15 is 0 Å². The van der Waals surface area contributed by atoms with Crippen LogP contribution in [0.25, 0.3) is 0 Å². The van der Waals surface area contributed by atoms with Gasteiger partial charge in [-0.1, -0.05) is 46.3 Å². The van der Waals surface area contributed by atoms with Gasteiger partial charge < -0.3 is 0 Å². The average Bonchev–Trinajstić information content (AvgIpc) is 2.88. The summed E-state index contributed by atoms with van der Waals surface area (Å²) in [4.78, 5) is 2.16. The second kappa shape index (κ2) is 6.76. The smallest absolute Gasteiger partial charge is 0.0314 e. The molecule has 20 heavy (non-hydrogen) atoms. The highest BCUT2D eigenvalue weighted by atomic mass is 79.9. The molecule has 1 aliphatic carbocycles. The number of rotatable bonds is 3. The Kier molecular flexibility index (Phi) is 5.00. The molecule has 3 atom stereocenters. The number of hydrogen-bond donors (Lipinski definition) is 0. The third kappa shape index (κ3) is 3.37. The van der Waals surface area contributed by atoms with Crippen molar-refractivity contribution >= 4 is 43.2 Å². The lowest BCUT2D eigenvalue weighted by Crippen LogP contribution is -2.25. The van der Waals surface area contributed by atoms with E-state index in [1.807, 2.05) is 11.3 Å². The van der Waals surface area contributed by atoms with Crippen molar-refractivity contribution in [2.24, 2.45) is 5.92 Å². The van der Waals surface area contributed by atoms with E-state index in [4.69, 9.17) is 0 Å². The lowest BCUT2D eigenvalue weighted by atomic mass is 9.76. The van der Waals surface area contributed by atoms with Gasteiger partial charge in [0.15, 0.2) is 0 Å². The zero-order valence-corrected chi connectivity index (χ0v) is 15.3. The largest absolute Gasteiger partial charge is 0.148 e. The molecule has 1 saturated carbocycles. The van der Waals surface area contributed by atoms with Crippen LogP contribution in [0.5, 0.6) is 0 Å². The van der Waals surface area contributed by atoms with Crippen LogP contribution in [0.15, 0.2) is 46.3 Å². The first-order chi connectivity index (χ1) is 9.74. The highest BCUT2D eigenvalue weighted by Gasteiger charge is 2.30. The van der Waals surface area contributed by atoms with Crippen molar-refractivity contribution in [3.05, 3.63) is 56.7 Å². The fraction of sp³-hybridized carbons (Fsp3) is 0.412. The van der Waals surface area contributed by atoms with Crippen LogP contribution < -0.4 is 0 Å². The molecule has 1 aromatic heterocycles. The summed E-state index contributed by atoms with van der Waals surface area (Å²) < 4.78 is 1.28. The number of halogens is 2. The van der Waals surface area contributed by atoms with E-state index in [0.717, 1.165) is 11.8 Å². The molecule has 1 aliphatic rings. The summed E-state index contributed by atoms with van der Waals surface area (Å²) >= 11 is 9.46. The average molecular weight is 414 g/mol. The van der Waals surface area contributed by atoms with Crippen LogP contribution in [-0.4, -0.2) is 4.83 Å². The molecular weight excluding hydrogens is 396 g/mol. The second-order valence-corrected chi connectivity index (χ2v) is 8.62. The van der Waals surface area contributed by atoms with Crippen molar-refractivity contribution in [1.82, 2.24) is 0 Å². The van der Waals surface area contributed by atoms with Gasteiger partial charge in [0.1, 0.15) is 0 Å². The zero-order valence-electron chi connectivity index (χ0n) is 11.3. The molecule has 1 fully saturated rings. The van der Waals surface area contributed by atoms with Crippen LogP contribution in [0.4, 0.5) is 0 Å². The minimum atomic E-state index is 0.663. The van der Waals surface area contributed by atoms with Gasteiger partial charge in [-0.2, -0.15) is 0 Å². The Balaban J connectivity index is 1.72. The van der Waals surface area contributed by atoms with Crippen molar-refractivity contribution in [3.8, 4) is 0 Å². The van der Waals surface area contributed by atoms with Gasteiger partial charge in [0.25, 0.3) is 0 Å². The first kappa shape index (κ1) is 14.8. The normalized spacial score (nSPS) is 26.6. The summed E-state index contributed by atoms with van der Waals surface area (Å²) in [5.41, 5.74) is 1.52. The zero-order chi connectivity index (χ0) is 13.9. The predicted molar refractivity (Wildman–Crippen MR) is 95.0 cm³/mol. The Bertz CT molecular complexity index is 549. The molecule has 1 heterocycles. The fourth-order valence-electron chi connectivity index (χ4n) is 3.18. The molecule has 106 valence electrons. The van der Waals surface area contributed by atoms with E-state index in [1.165, 1.54) is 40.6 Å². The molecule has 0 aliphatic heterocycles. The fourth-order valence-corrected chi connectivity index (χ4v) is 5.45. The summed E-state index contributed by atoms with van der Waals surface area (Å²) in [6, 6.07) is 13.2. The summed E-state index contributed by atoms with van der Waals surface area (Å²) in [5, 5.41) is 2.18. The molecular formula is C17H18Br2S. The Morgan fingerprint density at radius 1 is 1.10 bits per heavy atom. The summed E-state index contributed by atoms with van der Waals surface area (Å²) in [6.07, 6.45) is 5.08. The molecule has 3 rings (SSSR count). The lowest BCUT2D eigenvalue weighted by molar-refractivity contribution is 0.336. The van der Waals surface area contributed by atoms with E-state index < -0.39 is 0 Å². The molecule has 0 saturated heterocycles. The van der Waals surface area contributed by atoms with Crippen molar-refractivity contribution in [3.63, 3.8) is 0 Å². The van der Waals surface area contributed by atoms with E-state index in [2.05, 4.69) is 73.6 Å².